The first-order valence-electron chi connectivity index (χ1n) is 11.2. The molecule has 1 aromatic heterocycles. The number of primary amides is 1. The fraction of sp³-hybridized carbons (Fsp3) is 0.360. The summed E-state index contributed by atoms with van der Waals surface area (Å²) in [6.45, 7) is 1.68. The molecule has 3 aliphatic carbocycles. The van der Waals surface area contributed by atoms with Crippen molar-refractivity contribution >= 4 is 17.5 Å². The molecule has 0 aliphatic heterocycles. The average Bonchev–Trinajstić information content (AvgIpc) is 2.82. The van der Waals surface area contributed by atoms with E-state index in [2.05, 4.69) is 4.98 Å². The molecular weight excluding hydrogens is 456 g/mol. The van der Waals surface area contributed by atoms with Crippen LogP contribution in [0.25, 0.3) is 11.3 Å². The summed E-state index contributed by atoms with van der Waals surface area (Å²) in [6.07, 6.45) is -1.97. The van der Waals surface area contributed by atoms with E-state index in [-0.39, 0.29) is 16.9 Å². The van der Waals surface area contributed by atoms with Crippen LogP contribution in [0.2, 0.25) is 0 Å². The van der Waals surface area contributed by atoms with Gasteiger partial charge in [0.25, 0.3) is 0 Å². The van der Waals surface area contributed by atoms with Crippen molar-refractivity contribution < 1.29 is 39.9 Å². The van der Waals surface area contributed by atoms with Gasteiger partial charge >= 0.3 is 0 Å². The molecule has 3 aliphatic rings. The number of fused-ring (bicyclic) bond motifs is 3. The molecule has 1 amide bonds. The number of phenols is 1. The fourth-order valence-corrected chi connectivity index (χ4v) is 6.03. The van der Waals surface area contributed by atoms with Crippen molar-refractivity contribution in [1.29, 1.82) is 0 Å². The number of benzene rings is 1. The quantitative estimate of drug-likeness (QED) is 0.329. The molecule has 0 bridgehead atoms. The predicted molar refractivity (Wildman–Crippen MR) is 120 cm³/mol. The van der Waals surface area contributed by atoms with Crippen LogP contribution in [0.4, 0.5) is 0 Å². The third-order valence-corrected chi connectivity index (χ3v) is 7.76. The van der Waals surface area contributed by atoms with Crippen LogP contribution in [0.1, 0.15) is 35.2 Å². The van der Waals surface area contributed by atoms with E-state index in [0.717, 1.165) is 0 Å². The summed E-state index contributed by atoms with van der Waals surface area (Å²) < 4.78 is 0. The third-order valence-electron chi connectivity index (χ3n) is 7.76. The maximum atomic E-state index is 13.7. The van der Waals surface area contributed by atoms with Crippen molar-refractivity contribution in [2.45, 2.75) is 37.1 Å². The lowest BCUT2D eigenvalue weighted by Crippen LogP contribution is -2.67. The van der Waals surface area contributed by atoms with Crippen molar-refractivity contribution in [3.8, 4) is 17.0 Å². The Kier molecular flexibility index (Phi) is 5.10. The number of phenolic OH excluding ortho intramolecular Hbond substituents is 1. The first kappa shape index (κ1) is 23.2. The lowest BCUT2D eigenvalue weighted by atomic mass is 9.54. The Balaban J connectivity index is 1.72. The number of hydrogen-bond acceptors (Lipinski definition) is 9. The Morgan fingerprint density at radius 3 is 2.49 bits per heavy atom. The van der Waals surface area contributed by atoms with Crippen LogP contribution < -0.4 is 5.73 Å². The molecule has 0 spiro atoms. The number of aromatic nitrogens is 1. The van der Waals surface area contributed by atoms with E-state index in [4.69, 9.17) is 5.73 Å². The average molecular weight is 480 g/mol. The highest BCUT2D eigenvalue weighted by molar-refractivity contribution is 6.16. The van der Waals surface area contributed by atoms with Crippen LogP contribution in [0.5, 0.6) is 5.75 Å². The number of nitrogens with two attached hydrogens (primary N) is 1. The van der Waals surface area contributed by atoms with Gasteiger partial charge in [0, 0.05) is 29.2 Å². The summed E-state index contributed by atoms with van der Waals surface area (Å²) in [5, 5.41) is 55.2. The number of pyridine rings is 1. The van der Waals surface area contributed by atoms with Gasteiger partial charge in [-0.2, -0.15) is 0 Å². The second kappa shape index (κ2) is 7.70. The molecule has 10 nitrogen and oxygen atoms in total. The fourth-order valence-electron chi connectivity index (χ4n) is 6.03. The number of aliphatic hydroxyl groups is 4. The molecule has 7 N–H and O–H groups in total. The van der Waals surface area contributed by atoms with E-state index in [1.165, 1.54) is 6.20 Å². The zero-order chi connectivity index (χ0) is 25.4. The molecule has 35 heavy (non-hydrogen) atoms. The SMILES string of the molecule is C[C@H]1c2ccc(-c3ccccn3)c(O)c2C(=O)C2=C(O)[C@]3(O)C(=O)C(C(N)=O)C(O)C[C@@H]3[C@@H](O)[C@@H]21. The highest BCUT2D eigenvalue weighted by Gasteiger charge is 2.66. The Labute approximate surface area is 199 Å². The first-order chi connectivity index (χ1) is 16.5. The van der Waals surface area contributed by atoms with Crippen LogP contribution in [-0.4, -0.2) is 65.8 Å². The normalized spacial score (nSPS) is 34.2. The molecule has 182 valence electrons. The van der Waals surface area contributed by atoms with Gasteiger partial charge in [-0.25, -0.2) is 0 Å². The number of Topliss-reactive ketones (excluding diaryl/α,β-unsaturated/α-hetero) is 2. The number of aliphatic hydroxyl groups excluding tert-OH is 3. The standard InChI is InChI=1S/C25H24N2O8/c1-9-10-5-6-11(13-4-2-3-7-27-13)19(29)16(10)21(31)18-15(9)20(30)12-8-14(28)17(24(26)34)22(32)25(12,35)23(18)33/h2-7,9,12,14-15,17,20,28-30,33,35H,8H2,1H3,(H2,26,34)/t9-,12+,14?,15+,17?,20+,25+/m0/s1. The Bertz CT molecular complexity index is 1310. The summed E-state index contributed by atoms with van der Waals surface area (Å²) in [4.78, 5) is 42.8. The summed E-state index contributed by atoms with van der Waals surface area (Å²) in [5.41, 5.74) is 2.97. The molecule has 1 saturated carbocycles. The molecule has 7 atom stereocenters. The van der Waals surface area contributed by atoms with Gasteiger partial charge in [0.2, 0.25) is 5.91 Å². The minimum Gasteiger partial charge on any atom is -0.508 e. The Morgan fingerprint density at radius 2 is 1.86 bits per heavy atom. The monoisotopic (exact) mass is 480 g/mol. The number of hydrogen-bond donors (Lipinski definition) is 6. The van der Waals surface area contributed by atoms with Crippen molar-refractivity contribution in [2.24, 2.45) is 23.5 Å². The van der Waals surface area contributed by atoms with Gasteiger partial charge in [0.1, 0.15) is 17.4 Å². The topological polar surface area (TPSA) is 191 Å². The summed E-state index contributed by atoms with van der Waals surface area (Å²) >= 11 is 0. The van der Waals surface area contributed by atoms with Gasteiger partial charge < -0.3 is 31.3 Å². The molecule has 0 saturated heterocycles. The lowest BCUT2D eigenvalue weighted by molar-refractivity contribution is -0.179. The van der Waals surface area contributed by atoms with Crippen LogP contribution >= 0.6 is 0 Å². The van der Waals surface area contributed by atoms with Crippen molar-refractivity contribution in [1.82, 2.24) is 4.98 Å². The van der Waals surface area contributed by atoms with E-state index in [1.807, 2.05) is 0 Å². The number of rotatable bonds is 2. The number of aromatic hydroxyl groups is 1. The van der Waals surface area contributed by atoms with E-state index >= 15 is 0 Å². The second-order valence-corrected chi connectivity index (χ2v) is 9.46. The Morgan fingerprint density at radius 1 is 1.14 bits per heavy atom. The molecular formula is C25H24N2O8. The largest absolute Gasteiger partial charge is 0.508 e. The molecule has 2 unspecified atom stereocenters. The van der Waals surface area contributed by atoms with Crippen LogP contribution in [0.3, 0.4) is 0 Å². The van der Waals surface area contributed by atoms with E-state index in [0.29, 0.717) is 11.3 Å². The van der Waals surface area contributed by atoms with E-state index < -0.39 is 76.7 Å². The van der Waals surface area contributed by atoms with Crippen molar-refractivity contribution in [3.63, 3.8) is 0 Å². The molecule has 2 aromatic rings. The molecule has 1 fully saturated rings. The summed E-state index contributed by atoms with van der Waals surface area (Å²) in [6, 6.07) is 8.28. The van der Waals surface area contributed by atoms with Crippen molar-refractivity contribution in [3.05, 3.63) is 59.0 Å². The highest BCUT2D eigenvalue weighted by atomic mass is 16.4. The number of ketones is 2. The Hall–Kier alpha value is -3.60. The molecule has 1 heterocycles. The van der Waals surface area contributed by atoms with Gasteiger partial charge in [0.15, 0.2) is 17.2 Å². The first-order valence-corrected chi connectivity index (χ1v) is 11.2. The molecule has 10 heteroatoms. The van der Waals surface area contributed by atoms with Gasteiger partial charge in [-0.05, 0) is 36.1 Å². The van der Waals surface area contributed by atoms with E-state index in [1.54, 1.807) is 37.3 Å². The minimum absolute atomic E-state index is 0.137. The third kappa shape index (κ3) is 2.94. The smallest absolute Gasteiger partial charge is 0.230 e. The second-order valence-electron chi connectivity index (χ2n) is 9.46. The van der Waals surface area contributed by atoms with Gasteiger partial charge in [-0.1, -0.05) is 19.1 Å². The van der Waals surface area contributed by atoms with Crippen LogP contribution in [0.15, 0.2) is 47.9 Å². The molecule has 0 radical (unpaired) electrons. The highest BCUT2D eigenvalue weighted by Crippen LogP contribution is 2.55. The maximum Gasteiger partial charge on any atom is 0.230 e. The number of amides is 1. The molecule has 5 rings (SSSR count). The molecule has 1 aromatic carbocycles. The lowest BCUT2D eigenvalue weighted by Gasteiger charge is -2.52. The maximum absolute atomic E-state index is 13.7. The van der Waals surface area contributed by atoms with Crippen LogP contribution in [0, 0.1) is 17.8 Å². The van der Waals surface area contributed by atoms with Gasteiger partial charge in [-0.3, -0.25) is 19.4 Å². The summed E-state index contributed by atoms with van der Waals surface area (Å²) in [7, 11) is 0. The van der Waals surface area contributed by atoms with Gasteiger partial charge in [0.05, 0.1) is 23.5 Å². The van der Waals surface area contributed by atoms with Gasteiger partial charge in [-0.15, -0.1) is 0 Å². The van der Waals surface area contributed by atoms with Crippen LogP contribution in [-0.2, 0) is 9.59 Å². The predicted octanol–water partition coefficient (Wildman–Crippen LogP) is 0.339. The van der Waals surface area contributed by atoms with Crippen molar-refractivity contribution in [2.75, 3.05) is 0 Å². The number of carbonyl (C=O) groups excluding carboxylic acids is 3. The zero-order valence-electron chi connectivity index (χ0n) is 18.6. The number of nitrogens with zero attached hydrogens (tertiary/aromatic N) is 1. The van der Waals surface area contributed by atoms with E-state index in [9.17, 15) is 39.9 Å². The minimum atomic E-state index is -2.80. The zero-order valence-corrected chi connectivity index (χ0v) is 18.6. The number of carbonyl (C=O) groups is 3. The summed E-state index contributed by atoms with van der Waals surface area (Å²) in [5.74, 6) is -9.59.